The number of anilines is 1. The van der Waals surface area contributed by atoms with E-state index in [-0.39, 0.29) is 11.9 Å². The Hall–Kier alpha value is -2.99. The van der Waals surface area contributed by atoms with Crippen molar-refractivity contribution in [2.24, 2.45) is 5.73 Å². The number of hydrogen-bond donors (Lipinski definition) is 3. The van der Waals surface area contributed by atoms with Crippen LogP contribution in [0.5, 0.6) is 0 Å². The van der Waals surface area contributed by atoms with Crippen LogP contribution < -0.4 is 16.4 Å². The molecule has 4 N–H and O–H groups in total. The first-order valence-electron chi connectivity index (χ1n) is 9.22. The molecule has 1 unspecified atom stereocenters. The third-order valence-electron chi connectivity index (χ3n) is 4.30. The van der Waals surface area contributed by atoms with Gasteiger partial charge in [0, 0.05) is 30.9 Å². The van der Waals surface area contributed by atoms with Gasteiger partial charge in [0.1, 0.15) is 12.1 Å². The lowest BCUT2D eigenvalue weighted by molar-refractivity contribution is -0.121. The number of nitrogens with two attached hydrogens (primary N) is 1. The van der Waals surface area contributed by atoms with Crippen LogP contribution in [0.15, 0.2) is 60.9 Å². The van der Waals surface area contributed by atoms with Crippen molar-refractivity contribution < 1.29 is 4.79 Å². The van der Waals surface area contributed by atoms with E-state index < -0.39 is 0 Å². The van der Waals surface area contributed by atoms with E-state index in [2.05, 4.69) is 20.6 Å². The number of amides is 1. The largest absolute Gasteiger partial charge is 0.369 e. The van der Waals surface area contributed by atoms with Gasteiger partial charge in [0.25, 0.3) is 0 Å². The number of nitrogens with one attached hydrogen (secondary N) is 2. The number of carbonyl (C=O) groups excluding carboxylic acids is 1. The minimum absolute atomic E-state index is 0.00841. The number of hydrogen-bond acceptors (Lipinski definition) is 5. The number of benzene rings is 2. The van der Waals surface area contributed by atoms with Gasteiger partial charge >= 0.3 is 0 Å². The Bertz CT molecular complexity index is 863. The van der Waals surface area contributed by atoms with Gasteiger partial charge in [-0.2, -0.15) is 0 Å². The lowest BCUT2D eigenvalue weighted by Gasteiger charge is -2.12. The zero-order chi connectivity index (χ0) is 18.9. The quantitative estimate of drug-likeness (QED) is 0.508. The number of nitrogens with zero attached hydrogens (tertiary/aromatic N) is 2. The molecule has 6 heteroatoms. The average Bonchev–Trinajstić information content (AvgIpc) is 2.68. The fraction of sp³-hybridized carbons (Fsp3) is 0.286. The molecule has 1 aromatic heterocycles. The fourth-order valence-electron chi connectivity index (χ4n) is 2.97. The second-order valence-electron chi connectivity index (χ2n) is 6.52. The zero-order valence-corrected chi connectivity index (χ0v) is 15.3. The minimum Gasteiger partial charge on any atom is -0.369 e. The highest BCUT2D eigenvalue weighted by molar-refractivity contribution is 5.88. The van der Waals surface area contributed by atoms with Gasteiger partial charge < -0.3 is 16.4 Å². The minimum atomic E-state index is -0.169. The third-order valence-corrected chi connectivity index (χ3v) is 4.30. The standard InChI is InChI=1S/C21H25N5O/c22-17(13-16-7-2-1-3-8-16)14-20(27)23-11-6-12-24-21-18-9-4-5-10-19(18)25-15-26-21/h1-5,7-10,15,17H,6,11-14,22H2,(H,23,27)(H,24,25,26). The van der Waals surface area contributed by atoms with Crippen molar-refractivity contribution in [3.8, 4) is 0 Å². The monoisotopic (exact) mass is 363 g/mol. The van der Waals surface area contributed by atoms with Gasteiger partial charge in [-0.05, 0) is 30.5 Å². The highest BCUT2D eigenvalue weighted by Crippen LogP contribution is 2.17. The second-order valence-corrected chi connectivity index (χ2v) is 6.52. The number of para-hydroxylation sites is 1. The molecule has 2 aromatic carbocycles. The van der Waals surface area contributed by atoms with Crippen LogP contribution in [0.1, 0.15) is 18.4 Å². The molecule has 0 saturated carbocycles. The lowest BCUT2D eigenvalue weighted by atomic mass is 10.0. The molecule has 140 valence electrons. The Kier molecular flexibility index (Phi) is 6.71. The van der Waals surface area contributed by atoms with Crippen LogP contribution in [0.4, 0.5) is 5.82 Å². The van der Waals surface area contributed by atoms with E-state index in [1.165, 1.54) is 0 Å². The Balaban J connectivity index is 1.35. The Morgan fingerprint density at radius 1 is 1.00 bits per heavy atom. The van der Waals surface area contributed by atoms with Crippen molar-refractivity contribution in [2.75, 3.05) is 18.4 Å². The average molecular weight is 363 g/mol. The van der Waals surface area contributed by atoms with Crippen molar-refractivity contribution >= 4 is 22.6 Å². The molecule has 0 aliphatic heterocycles. The van der Waals surface area contributed by atoms with Crippen LogP contribution in [0.3, 0.4) is 0 Å². The highest BCUT2D eigenvalue weighted by Gasteiger charge is 2.10. The van der Waals surface area contributed by atoms with Gasteiger partial charge in [0.05, 0.1) is 5.52 Å². The van der Waals surface area contributed by atoms with Gasteiger partial charge in [0.15, 0.2) is 0 Å². The van der Waals surface area contributed by atoms with Crippen LogP contribution in [0.2, 0.25) is 0 Å². The summed E-state index contributed by atoms with van der Waals surface area (Å²) < 4.78 is 0. The predicted molar refractivity (Wildman–Crippen MR) is 108 cm³/mol. The summed E-state index contributed by atoms with van der Waals surface area (Å²) in [6.07, 6.45) is 3.40. The predicted octanol–water partition coefficient (Wildman–Crippen LogP) is 2.51. The molecule has 27 heavy (non-hydrogen) atoms. The molecule has 0 aliphatic carbocycles. The molecule has 3 rings (SSSR count). The van der Waals surface area contributed by atoms with Crippen LogP contribution in [0, 0.1) is 0 Å². The number of rotatable bonds is 9. The van der Waals surface area contributed by atoms with Crippen molar-refractivity contribution in [2.45, 2.75) is 25.3 Å². The Morgan fingerprint density at radius 2 is 1.78 bits per heavy atom. The van der Waals surface area contributed by atoms with Crippen molar-refractivity contribution in [3.05, 3.63) is 66.5 Å². The van der Waals surface area contributed by atoms with Gasteiger partial charge in [-0.1, -0.05) is 42.5 Å². The van der Waals surface area contributed by atoms with Gasteiger partial charge in [-0.25, -0.2) is 9.97 Å². The molecule has 0 aliphatic rings. The van der Waals surface area contributed by atoms with E-state index in [9.17, 15) is 4.79 Å². The number of aromatic nitrogens is 2. The Morgan fingerprint density at radius 3 is 2.63 bits per heavy atom. The molecule has 6 nitrogen and oxygen atoms in total. The molecule has 1 amide bonds. The van der Waals surface area contributed by atoms with Crippen LogP contribution in [-0.2, 0) is 11.2 Å². The maximum atomic E-state index is 12.0. The van der Waals surface area contributed by atoms with E-state index in [1.807, 2.05) is 54.6 Å². The molecule has 3 aromatic rings. The summed E-state index contributed by atoms with van der Waals surface area (Å²) >= 11 is 0. The molecular weight excluding hydrogens is 338 g/mol. The van der Waals surface area contributed by atoms with Crippen molar-refractivity contribution in [1.82, 2.24) is 15.3 Å². The SMILES string of the molecule is NC(CC(=O)NCCCNc1ncnc2ccccc12)Cc1ccccc1. The first-order chi connectivity index (χ1) is 13.2. The summed E-state index contributed by atoms with van der Waals surface area (Å²) in [5.41, 5.74) is 8.14. The summed E-state index contributed by atoms with van der Waals surface area (Å²) in [5, 5.41) is 7.24. The maximum Gasteiger partial charge on any atom is 0.221 e. The topological polar surface area (TPSA) is 92.9 Å². The summed E-state index contributed by atoms with van der Waals surface area (Å²) in [7, 11) is 0. The van der Waals surface area contributed by atoms with Crippen molar-refractivity contribution in [1.29, 1.82) is 0 Å². The fourth-order valence-corrected chi connectivity index (χ4v) is 2.97. The van der Waals surface area contributed by atoms with Crippen LogP contribution in [0.25, 0.3) is 10.9 Å². The summed E-state index contributed by atoms with van der Waals surface area (Å²) in [6.45, 7) is 1.32. The van der Waals surface area contributed by atoms with Gasteiger partial charge in [-0.3, -0.25) is 4.79 Å². The lowest BCUT2D eigenvalue weighted by Crippen LogP contribution is -2.33. The first-order valence-corrected chi connectivity index (χ1v) is 9.22. The van der Waals surface area contributed by atoms with E-state index in [0.29, 0.717) is 19.4 Å². The van der Waals surface area contributed by atoms with Gasteiger partial charge in [0.2, 0.25) is 5.91 Å². The van der Waals surface area contributed by atoms with E-state index in [4.69, 9.17) is 5.73 Å². The first kappa shape index (κ1) is 18.8. The third kappa shape index (κ3) is 5.76. The van der Waals surface area contributed by atoms with E-state index in [0.717, 1.165) is 35.2 Å². The maximum absolute atomic E-state index is 12.0. The molecular formula is C21H25N5O. The number of carbonyl (C=O) groups is 1. The van der Waals surface area contributed by atoms with Gasteiger partial charge in [-0.15, -0.1) is 0 Å². The van der Waals surface area contributed by atoms with E-state index in [1.54, 1.807) is 6.33 Å². The smallest absolute Gasteiger partial charge is 0.221 e. The Labute approximate surface area is 159 Å². The molecule has 0 saturated heterocycles. The normalized spacial score (nSPS) is 11.9. The number of fused-ring (bicyclic) bond motifs is 1. The molecule has 0 radical (unpaired) electrons. The molecule has 1 heterocycles. The molecule has 1 atom stereocenters. The molecule has 0 bridgehead atoms. The molecule has 0 spiro atoms. The highest BCUT2D eigenvalue weighted by atomic mass is 16.1. The summed E-state index contributed by atoms with van der Waals surface area (Å²) in [4.78, 5) is 20.6. The summed E-state index contributed by atoms with van der Waals surface area (Å²) in [6, 6.07) is 17.7. The second kappa shape index (κ2) is 9.64. The summed E-state index contributed by atoms with van der Waals surface area (Å²) in [5.74, 6) is 0.808. The van der Waals surface area contributed by atoms with Crippen LogP contribution >= 0.6 is 0 Å². The van der Waals surface area contributed by atoms with Crippen molar-refractivity contribution in [3.63, 3.8) is 0 Å². The zero-order valence-electron chi connectivity index (χ0n) is 15.3. The van der Waals surface area contributed by atoms with E-state index >= 15 is 0 Å². The van der Waals surface area contributed by atoms with Crippen LogP contribution in [-0.4, -0.2) is 35.0 Å². The molecule has 0 fully saturated rings.